The summed E-state index contributed by atoms with van der Waals surface area (Å²) < 4.78 is 19.4. The summed E-state index contributed by atoms with van der Waals surface area (Å²) in [6.07, 6.45) is 7.13. The number of aromatic nitrogens is 1. The molecule has 164 valence electrons. The predicted octanol–water partition coefficient (Wildman–Crippen LogP) is 5.55. The van der Waals surface area contributed by atoms with Gasteiger partial charge in [-0.3, -0.25) is 4.90 Å². The quantitative estimate of drug-likeness (QED) is 0.429. The summed E-state index contributed by atoms with van der Waals surface area (Å²) in [7, 11) is 0. The van der Waals surface area contributed by atoms with E-state index in [1.807, 2.05) is 48.6 Å². The number of anilines is 1. The van der Waals surface area contributed by atoms with Gasteiger partial charge < -0.3 is 9.42 Å². The highest BCUT2D eigenvalue weighted by molar-refractivity contribution is 5.85. The van der Waals surface area contributed by atoms with Crippen LogP contribution >= 0.6 is 12.4 Å². The SMILES string of the molecule is Cl.Fc1ccccc1N1CCN(CCCCc2cc(/C=C/c3ccccc3)no2)CC1. The molecular weight excluding hydrogens is 413 g/mol. The lowest BCUT2D eigenvalue weighted by Crippen LogP contribution is -2.46. The average molecular weight is 442 g/mol. The van der Waals surface area contributed by atoms with Crippen LogP contribution in [0.5, 0.6) is 0 Å². The Morgan fingerprint density at radius 3 is 2.42 bits per heavy atom. The van der Waals surface area contributed by atoms with E-state index >= 15 is 0 Å². The molecule has 0 radical (unpaired) electrons. The lowest BCUT2D eigenvalue weighted by Gasteiger charge is -2.36. The molecule has 0 spiro atoms. The molecule has 31 heavy (non-hydrogen) atoms. The summed E-state index contributed by atoms with van der Waals surface area (Å²) in [6, 6.07) is 19.2. The van der Waals surface area contributed by atoms with Gasteiger partial charge in [0.2, 0.25) is 0 Å². The normalized spacial score (nSPS) is 14.7. The molecule has 1 aliphatic rings. The third-order valence-corrected chi connectivity index (χ3v) is 5.54. The lowest BCUT2D eigenvalue weighted by atomic mass is 10.1. The number of hydrogen-bond donors (Lipinski definition) is 0. The predicted molar refractivity (Wildman–Crippen MR) is 127 cm³/mol. The number of halogens is 2. The van der Waals surface area contributed by atoms with Crippen LogP contribution in [0.3, 0.4) is 0 Å². The average Bonchev–Trinajstić information content (AvgIpc) is 3.25. The Bertz CT molecular complexity index is 952. The largest absolute Gasteiger partial charge is 0.367 e. The molecule has 1 fully saturated rings. The minimum atomic E-state index is -0.129. The number of piperazine rings is 1. The zero-order valence-electron chi connectivity index (χ0n) is 17.6. The van der Waals surface area contributed by atoms with Gasteiger partial charge in [-0.15, -0.1) is 12.4 Å². The van der Waals surface area contributed by atoms with E-state index in [0.29, 0.717) is 0 Å². The van der Waals surface area contributed by atoms with Crippen LogP contribution in [-0.4, -0.2) is 42.8 Å². The second-order valence-electron chi connectivity index (χ2n) is 7.70. The van der Waals surface area contributed by atoms with E-state index in [0.717, 1.165) is 74.7 Å². The van der Waals surface area contributed by atoms with Crippen LogP contribution in [0.15, 0.2) is 65.2 Å². The fraction of sp³-hybridized carbons (Fsp3) is 0.320. The monoisotopic (exact) mass is 441 g/mol. The van der Waals surface area contributed by atoms with Gasteiger partial charge in [0.15, 0.2) is 0 Å². The summed E-state index contributed by atoms with van der Waals surface area (Å²) in [5, 5.41) is 4.14. The summed E-state index contributed by atoms with van der Waals surface area (Å²) >= 11 is 0. The van der Waals surface area contributed by atoms with Gasteiger partial charge in [0.05, 0.1) is 5.69 Å². The van der Waals surface area contributed by atoms with Crippen LogP contribution in [0, 0.1) is 5.82 Å². The second-order valence-corrected chi connectivity index (χ2v) is 7.70. The first-order chi connectivity index (χ1) is 14.8. The van der Waals surface area contributed by atoms with E-state index in [4.69, 9.17) is 4.52 Å². The van der Waals surface area contributed by atoms with Crippen molar-refractivity contribution in [1.82, 2.24) is 10.1 Å². The number of unbranched alkanes of at least 4 members (excludes halogenated alkanes) is 1. The standard InChI is InChI=1S/C25H28FN3O.ClH/c26-24-11-4-5-12-25(24)29-18-16-28(17-19-29)15-7-6-10-23-20-22(27-30-23)14-13-21-8-2-1-3-9-21;/h1-5,8-9,11-14,20H,6-7,10,15-19H2;1H/b14-13+;. The summed E-state index contributed by atoms with van der Waals surface area (Å²) in [5.41, 5.74) is 2.73. The third-order valence-electron chi connectivity index (χ3n) is 5.54. The number of hydrogen-bond acceptors (Lipinski definition) is 4. The van der Waals surface area contributed by atoms with Gasteiger partial charge >= 0.3 is 0 Å². The van der Waals surface area contributed by atoms with Crippen molar-refractivity contribution < 1.29 is 8.91 Å². The van der Waals surface area contributed by atoms with Crippen molar-refractivity contribution >= 4 is 30.2 Å². The number of rotatable bonds is 8. The van der Waals surface area contributed by atoms with Crippen molar-refractivity contribution in [2.45, 2.75) is 19.3 Å². The van der Waals surface area contributed by atoms with Crippen molar-refractivity contribution in [3.05, 3.63) is 83.5 Å². The fourth-order valence-electron chi connectivity index (χ4n) is 3.83. The molecule has 1 saturated heterocycles. The van der Waals surface area contributed by atoms with Gasteiger partial charge in [-0.1, -0.05) is 53.7 Å². The molecule has 0 bridgehead atoms. The smallest absolute Gasteiger partial charge is 0.146 e. The molecule has 0 N–H and O–H groups in total. The lowest BCUT2D eigenvalue weighted by molar-refractivity contribution is 0.251. The molecule has 0 atom stereocenters. The van der Waals surface area contributed by atoms with E-state index in [-0.39, 0.29) is 18.2 Å². The molecule has 4 rings (SSSR count). The molecule has 6 heteroatoms. The van der Waals surface area contributed by atoms with Crippen LogP contribution in [0.25, 0.3) is 12.2 Å². The van der Waals surface area contributed by atoms with Crippen molar-refractivity contribution in [3.8, 4) is 0 Å². The highest BCUT2D eigenvalue weighted by Crippen LogP contribution is 2.20. The van der Waals surface area contributed by atoms with Crippen LogP contribution in [0.4, 0.5) is 10.1 Å². The summed E-state index contributed by atoms with van der Waals surface area (Å²) in [6.45, 7) is 4.77. The van der Waals surface area contributed by atoms with E-state index in [1.165, 1.54) is 6.07 Å². The molecule has 2 heterocycles. The number of aryl methyl sites for hydroxylation is 1. The molecule has 1 aromatic heterocycles. The van der Waals surface area contributed by atoms with Crippen molar-refractivity contribution in [3.63, 3.8) is 0 Å². The number of para-hydroxylation sites is 1. The highest BCUT2D eigenvalue weighted by Gasteiger charge is 2.18. The summed E-state index contributed by atoms with van der Waals surface area (Å²) in [4.78, 5) is 4.61. The molecule has 0 aliphatic carbocycles. The maximum absolute atomic E-state index is 13.9. The van der Waals surface area contributed by atoms with Crippen molar-refractivity contribution in [1.29, 1.82) is 0 Å². The van der Waals surface area contributed by atoms with E-state index in [9.17, 15) is 4.39 Å². The van der Waals surface area contributed by atoms with Crippen molar-refractivity contribution in [2.75, 3.05) is 37.6 Å². The summed E-state index contributed by atoms with van der Waals surface area (Å²) in [5.74, 6) is 0.808. The van der Waals surface area contributed by atoms with Crippen LogP contribution < -0.4 is 4.90 Å². The van der Waals surface area contributed by atoms with Gasteiger partial charge in [-0.05, 0) is 43.2 Å². The topological polar surface area (TPSA) is 32.5 Å². The van der Waals surface area contributed by atoms with Gasteiger partial charge in [-0.25, -0.2) is 4.39 Å². The van der Waals surface area contributed by atoms with E-state index in [1.54, 1.807) is 6.07 Å². The molecule has 0 amide bonds. The molecule has 2 aromatic carbocycles. The van der Waals surface area contributed by atoms with Crippen LogP contribution in [0.1, 0.15) is 29.9 Å². The molecule has 0 unspecified atom stereocenters. The first-order valence-electron chi connectivity index (χ1n) is 10.7. The molecule has 3 aromatic rings. The third kappa shape index (κ3) is 6.68. The Hall–Kier alpha value is -2.63. The second kappa shape index (κ2) is 11.7. The minimum absolute atomic E-state index is 0. The van der Waals surface area contributed by atoms with Crippen molar-refractivity contribution in [2.24, 2.45) is 0 Å². The zero-order chi connectivity index (χ0) is 20.6. The zero-order valence-corrected chi connectivity index (χ0v) is 18.4. The maximum atomic E-state index is 13.9. The first-order valence-corrected chi connectivity index (χ1v) is 10.7. The number of benzene rings is 2. The fourth-order valence-corrected chi connectivity index (χ4v) is 3.83. The highest BCUT2D eigenvalue weighted by atomic mass is 35.5. The van der Waals surface area contributed by atoms with Crippen LogP contribution in [-0.2, 0) is 6.42 Å². The van der Waals surface area contributed by atoms with Gasteiger partial charge in [0, 0.05) is 38.7 Å². The van der Waals surface area contributed by atoms with Gasteiger partial charge in [0.25, 0.3) is 0 Å². The molecule has 4 nitrogen and oxygen atoms in total. The van der Waals surface area contributed by atoms with E-state index < -0.39 is 0 Å². The van der Waals surface area contributed by atoms with Gasteiger partial charge in [-0.2, -0.15) is 0 Å². The molecule has 0 saturated carbocycles. The molecular formula is C25H29ClFN3O. The maximum Gasteiger partial charge on any atom is 0.146 e. The minimum Gasteiger partial charge on any atom is -0.367 e. The van der Waals surface area contributed by atoms with Crippen LogP contribution in [0.2, 0.25) is 0 Å². The van der Waals surface area contributed by atoms with E-state index in [2.05, 4.69) is 27.1 Å². The Kier molecular flexibility index (Phi) is 8.68. The molecule has 1 aliphatic heterocycles. The first kappa shape index (κ1) is 23.0. The Morgan fingerprint density at radius 1 is 0.903 bits per heavy atom. The Morgan fingerprint density at radius 2 is 1.65 bits per heavy atom. The Labute approximate surface area is 189 Å². The number of nitrogens with zero attached hydrogens (tertiary/aromatic N) is 3. The Balaban J connectivity index is 0.00000272. The van der Waals surface area contributed by atoms with Gasteiger partial charge in [0.1, 0.15) is 17.3 Å².